The Hall–Kier alpha value is -1.38. The van der Waals surface area contributed by atoms with E-state index in [1.165, 1.54) is 12.1 Å². The van der Waals surface area contributed by atoms with Gasteiger partial charge in [-0.2, -0.15) is 0 Å². The van der Waals surface area contributed by atoms with Gasteiger partial charge in [-0.3, -0.25) is 0 Å². The summed E-state index contributed by atoms with van der Waals surface area (Å²) in [6, 6.07) is 2.55. The molecule has 1 aromatic carbocycles. The smallest absolute Gasteiger partial charge is 0.191 e. The average Bonchev–Trinajstić information content (AvgIpc) is 2.70. The Morgan fingerprint density at radius 1 is 1.22 bits per heavy atom. The van der Waals surface area contributed by atoms with Crippen LogP contribution in [0.4, 0.5) is 8.78 Å². The van der Waals surface area contributed by atoms with Gasteiger partial charge in [-0.05, 0) is 57.2 Å². The zero-order valence-corrected chi connectivity index (χ0v) is 10.9. The van der Waals surface area contributed by atoms with Gasteiger partial charge in [0.2, 0.25) is 0 Å². The zero-order valence-electron chi connectivity index (χ0n) is 10.9. The monoisotopic (exact) mass is 252 g/mol. The molecule has 0 aromatic heterocycles. The summed E-state index contributed by atoms with van der Waals surface area (Å²) in [5.41, 5.74) is 0.659. The molecule has 2 rings (SSSR count). The van der Waals surface area contributed by atoms with Gasteiger partial charge in [0.1, 0.15) is 5.60 Å². The van der Waals surface area contributed by atoms with Crippen LogP contribution in [0.25, 0.3) is 5.57 Å². The van der Waals surface area contributed by atoms with E-state index in [2.05, 4.69) is 6.58 Å². The van der Waals surface area contributed by atoms with Crippen molar-refractivity contribution in [3.05, 3.63) is 35.9 Å². The molecular formula is C15H18F2O. The number of hydrogen-bond acceptors (Lipinski definition) is 1. The van der Waals surface area contributed by atoms with Gasteiger partial charge in [-0.1, -0.05) is 12.2 Å². The summed E-state index contributed by atoms with van der Waals surface area (Å²) < 4.78 is 33.4. The summed E-state index contributed by atoms with van der Waals surface area (Å²) >= 11 is 0. The van der Waals surface area contributed by atoms with Gasteiger partial charge in [0.15, 0.2) is 17.4 Å². The summed E-state index contributed by atoms with van der Waals surface area (Å²) in [6.07, 6.45) is 3.77. The van der Waals surface area contributed by atoms with Crippen LogP contribution in [0.5, 0.6) is 5.75 Å². The molecular weight excluding hydrogens is 234 g/mol. The molecule has 0 spiro atoms. The topological polar surface area (TPSA) is 9.23 Å². The van der Waals surface area contributed by atoms with E-state index in [0.717, 1.165) is 25.7 Å². The van der Waals surface area contributed by atoms with Crippen LogP contribution in [0, 0.1) is 11.6 Å². The number of ether oxygens (including phenoxy) is 1. The highest BCUT2D eigenvalue weighted by atomic mass is 19.1. The van der Waals surface area contributed by atoms with Crippen molar-refractivity contribution in [2.24, 2.45) is 0 Å². The highest BCUT2D eigenvalue weighted by Gasteiger charge is 2.32. The second-order valence-corrected chi connectivity index (χ2v) is 5.31. The molecule has 0 unspecified atom stereocenters. The van der Waals surface area contributed by atoms with E-state index >= 15 is 0 Å². The lowest BCUT2D eigenvalue weighted by atomic mass is 10.0. The molecule has 0 aliphatic heterocycles. The minimum absolute atomic E-state index is 0.260. The first-order valence-electron chi connectivity index (χ1n) is 6.25. The van der Waals surface area contributed by atoms with Gasteiger partial charge in [0.25, 0.3) is 0 Å². The quantitative estimate of drug-likeness (QED) is 0.757. The van der Waals surface area contributed by atoms with Crippen LogP contribution in [-0.4, -0.2) is 5.60 Å². The fourth-order valence-electron chi connectivity index (χ4n) is 2.38. The normalized spacial score (nSPS) is 17.8. The van der Waals surface area contributed by atoms with Crippen molar-refractivity contribution >= 4 is 5.57 Å². The maximum atomic E-state index is 13.9. The summed E-state index contributed by atoms with van der Waals surface area (Å²) in [6.45, 7) is 7.30. The molecule has 0 heterocycles. The number of allylic oxidation sites excluding steroid dienone is 1. The van der Waals surface area contributed by atoms with Crippen LogP contribution in [0.1, 0.15) is 45.1 Å². The van der Waals surface area contributed by atoms with E-state index in [4.69, 9.17) is 4.74 Å². The molecule has 0 bridgehead atoms. The Kier molecular flexibility index (Phi) is 3.42. The van der Waals surface area contributed by atoms with Crippen molar-refractivity contribution in [2.75, 3.05) is 0 Å². The Bertz CT molecular complexity index is 450. The zero-order chi connectivity index (χ0) is 13.3. The van der Waals surface area contributed by atoms with Crippen molar-refractivity contribution in [2.45, 2.75) is 45.1 Å². The molecule has 0 radical (unpaired) electrons. The predicted molar refractivity (Wildman–Crippen MR) is 68.6 cm³/mol. The van der Waals surface area contributed by atoms with E-state index < -0.39 is 17.2 Å². The molecule has 1 nitrogen and oxygen atoms in total. The minimum atomic E-state index is -0.652. The first-order valence-corrected chi connectivity index (χ1v) is 6.25. The second-order valence-electron chi connectivity index (χ2n) is 5.31. The maximum Gasteiger partial charge on any atom is 0.191 e. The van der Waals surface area contributed by atoms with Crippen molar-refractivity contribution in [3.8, 4) is 5.75 Å². The Morgan fingerprint density at radius 2 is 1.72 bits per heavy atom. The molecule has 0 N–H and O–H groups in total. The number of rotatable bonds is 3. The van der Waals surface area contributed by atoms with Crippen LogP contribution in [-0.2, 0) is 0 Å². The summed E-state index contributed by atoms with van der Waals surface area (Å²) in [7, 11) is 0. The van der Waals surface area contributed by atoms with E-state index in [0.29, 0.717) is 11.1 Å². The SMILES string of the molecule is C=C(C)c1cc(F)c(OC2(C)CCCC2)c(F)c1. The molecule has 1 fully saturated rings. The fraction of sp³-hybridized carbons (Fsp3) is 0.467. The standard InChI is InChI=1S/C15H18F2O/c1-10(2)11-8-12(16)14(13(17)9-11)18-15(3)6-4-5-7-15/h8-9H,1,4-7H2,2-3H3. The maximum absolute atomic E-state index is 13.9. The highest BCUT2D eigenvalue weighted by Crippen LogP contribution is 2.36. The van der Waals surface area contributed by atoms with Crippen LogP contribution in [0.15, 0.2) is 18.7 Å². The largest absolute Gasteiger partial charge is 0.481 e. The number of halogens is 2. The number of hydrogen-bond donors (Lipinski definition) is 0. The van der Waals surface area contributed by atoms with Gasteiger partial charge < -0.3 is 4.74 Å². The molecule has 0 saturated heterocycles. The van der Waals surface area contributed by atoms with Crippen LogP contribution in [0.3, 0.4) is 0 Å². The van der Waals surface area contributed by atoms with Crippen LogP contribution < -0.4 is 4.74 Å². The van der Waals surface area contributed by atoms with E-state index in [-0.39, 0.29) is 5.75 Å². The third kappa shape index (κ3) is 2.55. The molecule has 98 valence electrons. The Balaban J connectivity index is 2.31. The van der Waals surface area contributed by atoms with Gasteiger partial charge in [0.05, 0.1) is 0 Å². The van der Waals surface area contributed by atoms with E-state index in [9.17, 15) is 8.78 Å². The molecule has 0 atom stereocenters. The predicted octanol–water partition coefficient (Wildman–Crippen LogP) is 4.71. The lowest BCUT2D eigenvalue weighted by molar-refractivity contribution is 0.0856. The molecule has 0 amide bonds. The molecule has 1 saturated carbocycles. The third-order valence-corrected chi connectivity index (χ3v) is 3.50. The van der Waals surface area contributed by atoms with Gasteiger partial charge in [0, 0.05) is 0 Å². The van der Waals surface area contributed by atoms with Gasteiger partial charge in [-0.15, -0.1) is 0 Å². The lowest BCUT2D eigenvalue weighted by Crippen LogP contribution is -2.29. The molecule has 3 heteroatoms. The van der Waals surface area contributed by atoms with Crippen molar-refractivity contribution in [3.63, 3.8) is 0 Å². The van der Waals surface area contributed by atoms with Crippen LogP contribution in [0.2, 0.25) is 0 Å². The lowest BCUT2D eigenvalue weighted by Gasteiger charge is -2.26. The van der Waals surface area contributed by atoms with E-state index in [1.54, 1.807) is 6.92 Å². The summed E-state index contributed by atoms with van der Waals surface area (Å²) in [4.78, 5) is 0. The second kappa shape index (κ2) is 4.71. The summed E-state index contributed by atoms with van der Waals surface area (Å²) in [5, 5.41) is 0. The first-order chi connectivity index (χ1) is 8.41. The summed E-state index contributed by atoms with van der Waals surface area (Å²) in [5.74, 6) is -1.56. The van der Waals surface area contributed by atoms with Crippen molar-refractivity contribution in [1.29, 1.82) is 0 Å². The Morgan fingerprint density at radius 3 is 2.17 bits per heavy atom. The minimum Gasteiger partial charge on any atom is -0.481 e. The van der Waals surface area contributed by atoms with Crippen LogP contribution >= 0.6 is 0 Å². The van der Waals surface area contributed by atoms with Crippen molar-refractivity contribution in [1.82, 2.24) is 0 Å². The highest BCUT2D eigenvalue weighted by molar-refractivity contribution is 5.62. The number of benzene rings is 1. The average molecular weight is 252 g/mol. The molecule has 1 aliphatic rings. The molecule has 18 heavy (non-hydrogen) atoms. The fourth-order valence-corrected chi connectivity index (χ4v) is 2.38. The van der Waals surface area contributed by atoms with Crippen molar-refractivity contribution < 1.29 is 13.5 Å². The van der Waals surface area contributed by atoms with E-state index in [1.807, 2.05) is 6.92 Å². The third-order valence-electron chi connectivity index (χ3n) is 3.50. The first kappa shape index (κ1) is 13.1. The van der Waals surface area contributed by atoms with Gasteiger partial charge in [-0.25, -0.2) is 8.78 Å². The Labute approximate surface area is 106 Å². The van der Waals surface area contributed by atoms with Gasteiger partial charge >= 0.3 is 0 Å². The molecule has 1 aromatic rings. The molecule has 1 aliphatic carbocycles.